The molecular weight excluding hydrogens is 264 g/mol. The fourth-order valence-corrected chi connectivity index (χ4v) is 2.28. The van der Waals surface area contributed by atoms with Gasteiger partial charge in [0.15, 0.2) is 0 Å². The minimum absolute atomic E-state index is 0.0317. The van der Waals surface area contributed by atoms with Crippen molar-refractivity contribution >= 4 is 11.6 Å². The van der Waals surface area contributed by atoms with Gasteiger partial charge in [0, 0.05) is 30.3 Å². The van der Waals surface area contributed by atoms with Gasteiger partial charge in [-0.25, -0.2) is 0 Å². The van der Waals surface area contributed by atoms with E-state index < -0.39 is 0 Å². The van der Waals surface area contributed by atoms with Crippen LogP contribution in [0.1, 0.15) is 35.5 Å². The van der Waals surface area contributed by atoms with E-state index in [9.17, 15) is 4.79 Å². The van der Waals surface area contributed by atoms with Gasteiger partial charge in [0.2, 0.25) is 0 Å². The highest BCUT2D eigenvalue weighted by Gasteiger charge is 2.10. The maximum absolute atomic E-state index is 11.8. The molecule has 1 aromatic heterocycles. The summed E-state index contributed by atoms with van der Waals surface area (Å²) in [6.07, 6.45) is 2.51. The van der Waals surface area contributed by atoms with Gasteiger partial charge in [0.05, 0.1) is 6.26 Å². The third-order valence-corrected chi connectivity index (χ3v) is 3.32. The molecule has 2 aromatic rings. The molecule has 21 heavy (non-hydrogen) atoms. The molecule has 0 saturated heterocycles. The monoisotopic (exact) mass is 286 g/mol. The Morgan fingerprint density at radius 2 is 2.14 bits per heavy atom. The number of benzene rings is 1. The molecule has 1 amide bonds. The van der Waals surface area contributed by atoms with Crippen molar-refractivity contribution in [3.8, 4) is 0 Å². The van der Waals surface area contributed by atoms with Crippen LogP contribution in [0.5, 0.6) is 0 Å². The summed E-state index contributed by atoms with van der Waals surface area (Å²) in [4.78, 5) is 11.8. The molecule has 4 heteroatoms. The highest BCUT2D eigenvalue weighted by atomic mass is 16.3. The van der Waals surface area contributed by atoms with E-state index >= 15 is 0 Å². The van der Waals surface area contributed by atoms with Gasteiger partial charge in [0.25, 0.3) is 5.91 Å². The molecule has 112 valence electrons. The number of carbonyl (C=O) groups excluding carboxylic acids is 1. The van der Waals surface area contributed by atoms with Crippen LogP contribution in [0, 0.1) is 6.92 Å². The maximum Gasteiger partial charge on any atom is 0.251 e. The van der Waals surface area contributed by atoms with Crippen LogP contribution in [0.4, 0.5) is 5.69 Å². The van der Waals surface area contributed by atoms with Crippen LogP contribution < -0.4 is 10.6 Å². The zero-order chi connectivity index (χ0) is 15.2. The van der Waals surface area contributed by atoms with E-state index in [-0.39, 0.29) is 11.9 Å². The van der Waals surface area contributed by atoms with Gasteiger partial charge in [0.1, 0.15) is 5.76 Å². The van der Waals surface area contributed by atoms with E-state index in [1.165, 1.54) is 0 Å². The van der Waals surface area contributed by atoms with E-state index in [0.717, 1.165) is 23.4 Å². The molecule has 2 N–H and O–H groups in total. The molecule has 0 aliphatic rings. The Balaban J connectivity index is 2.02. The SMILES string of the molecule is CCNC(=O)c1ccc(NC(C)Cc2ccco2)c(C)c1. The second-order valence-corrected chi connectivity index (χ2v) is 5.22. The zero-order valence-corrected chi connectivity index (χ0v) is 12.8. The largest absolute Gasteiger partial charge is 0.469 e. The predicted octanol–water partition coefficient (Wildman–Crippen LogP) is 3.38. The number of hydrogen-bond donors (Lipinski definition) is 2. The summed E-state index contributed by atoms with van der Waals surface area (Å²) < 4.78 is 5.36. The van der Waals surface area contributed by atoms with Crippen LogP contribution in [-0.4, -0.2) is 18.5 Å². The normalized spacial score (nSPS) is 12.0. The second-order valence-electron chi connectivity index (χ2n) is 5.22. The minimum Gasteiger partial charge on any atom is -0.469 e. The summed E-state index contributed by atoms with van der Waals surface area (Å²) in [6.45, 7) is 6.67. The molecule has 4 nitrogen and oxygen atoms in total. The van der Waals surface area contributed by atoms with E-state index in [1.54, 1.807) is 6.26 Å². The molecular formula is C17H22N2O2. The summed E-state index contributed by atoms with van der Waals surface area (Å²) in [6, 6.07) is 9.84. The van der Waals surface area contributed by atoms with Crippen molar-refractivity contribution < 1.29 is 9.21 Å². The Morgan fingerprint density at radius 3 is 2.76 bits per heavy atom. The number of amides is 1. The summed E-state index contributed by atoms with van der Waals surface area (Å²) in [5, 5.41) is 6.26. The van der Waals surface area contributed by atoms with Gasteiger partial charge in [-0.3, -0.25) is 4.79 Å². The highest BCUT2D eigenvalue weighted by molar-refractivity contribution is 5.94. The van der Waals surface area contributed by atoms with Crippen molar-refractivity contribution in [3.63, 3.8) is 0 Å². The molecule has 0 fully saturated rings. The molecule has 0 bridgehead atoms. The lowest BCUT2D eigenvalue weighted by atomic mass is 10.1. The van der Waals surface area contributed by atoms with Crippen LogP contribution in [0.2, 0.25) is 0 Å². The molecule has 0 saturated carbocycles. The second kappa shape index (κ2) is 6.97. The van der Waals surface area contributed by atoms with E-state index in [1.807, 2.05) is 44.2 Å². The van der Waals surface area contributed by atoms with Gasteiger partial charge in [-0.2, -0.15) is 0 Å². The molecule has 0 spiro atoms. The predicted molar refractivity (Wildman–Crippen MR) is 84.7 cm³/mol. The number of rotatable bonds is 6. The van der Waals surface area contributed by atoms with Crippen LogP contribution >= 0.6 is 0 Å². The molecule has 1 aromatic carbocycles. The fraction of sp³-hybridized carbons (Fsp3) is 0.353. The number of hydrogen-bond acceptors (Lipinski definition) is 3. The summed E-state index contributed by atoms with van der Waals surface area (Å²) in [7, 11) is 0. The van der Waals surface area contributed by atoms with Gasteiger partial charge < -0.3 is 15.1 Å². The Labute approximate surface area is 125 Å². The third-order valence-electron chi connectivity index (χ3n) is 3.32. The Bertz CT molecular complexity index is 591. The van der Waals surface area contributed by atoms with Crippen molar-refractivity contribution in [2.24, 2.45) is 0 Å². The number of furan rings is 1. The lowest BCUT2D eigenvalue weighted by molar-refractivity contribution is 0.0956. The third kappa shape index (κ3) is 4.12. The first kappa shape index (κ1) is 15.2. The molecule has 2 rings (SSSR count). The molecule has 1 heterocycles. The van der Waals surface area contributed by atoms with Gasteiger partial charge in [-0.05, 0) is 56.7 Å². The van der Waals surface area contributed by atoms with E-state index in [4.69, 9.17) is 4.42 Å². The molecule has 1 atom stereocenters. The standard InChI is InChI=1S/C17H22N2O2/c1-4-18-17(20)14-7-8-16(12(2)10-14)19-13(3)11-15-6-5-9-21-15/h5-10,13,19H,4,11H2,1-3H3,(H,18,20). The Hall–Kier alpha value is -2.23. The minimum atomic E-state index is -0.0317. The van der Waals surface area contributed by atoms with Crippen molar-refractivity contribution in [2.45, 2.75) is 33.2 Å². The smallest absolute Gasteiger partial charge is 0.251 e. The summed E-state index contributed by atoms with van der Waals surface area (Å²) in [5.41, 5.74) is 2.80. The van der Waals surface area contributed by atoms with Gasteiger partial charge in [-0.1, -0.05) is 0 Å². The average molecular weight is 286 g/mol. The van der Waals surface area contributed by atoms with Gasteiger partial charge >= 0.3 is 0 Å². The van der Waals surface area contributed by atoms with Crippen LogP contribution in [0.25, 0.3) is 0 Å². The average Bonchev–Trinajstić information content (AvgIpc) is 2.94. The quantitative estimate of drug-likeness (QED) is 0.856. The fourth-order valence-electron chi connectivity index (χ4n) is 2.28. The number of nitrogens with one attached hydrogen (secondary N) is 2. The Kier molecular flexibility index (Phi) is 5.04. The Morgan fingerprint density at radius 1 is 1.33 bits per heavy atom. The van der Waals surface area contributed by atoms with E-state index in [2.05, 4.69) is 17.6 Å². The summed E-state index contributed by atoms with van der Waals surface area (Å²) >= 11 is 0. The first-order chi connectivity index (χ1) is 10.1. The molecule has 0 radical (unpaired) electrons. The molecule has 1 unspecified atom stereocenters. The van der Waals surface area contributed by atoms with Crippen molar-refractivity contribution in [3.05, 3.63) is 53.5 Å². The van der Waals surface area contributed by atoms with Crippen molar-refractivity contribution in [1.82, 2.24) is 5.32 Å². The topological polar surface area (TPSA) is 54.3 Å². The lowest BCUT2D eigenvalue weighted by Crippen LogP contribution is -2.23. The lowest BCUT2D eigenvalue weighted by Gasteiger charge is -2.16. The molecule has 0 aliphatic carbocycles. The van der Waals surface area contributed by atoms with Crippen LogP contribution in [0.3, 0.4) is 0 Å². The van der Waals surface area contributed by atoms with Crippen molar-refractivity contribution in [1.29, 1.82) is 0 Å². The number of aryl methyl sites for hydroxylation is 1. The highest BCUT2D eigenvalue weighted by Crippen LogP contribution is 2.18. The number of anilines is 1. The van der Waals surface area contributed by atoms with Gasteiger partial charge in [-0.15, -0.1) is 0 Å². The van der Waals surface area contributed by atoms with Crippen LogP contribution in [-0.2, 0) is 6.42 Å². The van der Waals surface area contributed by atoms with Crippen molar-refractivity contribution in [2.75, 3.05) is 11.9 Å². The van der Waals surface area contributed by atoms with E-state index in [0.29, 0.717) is 12.1 Å². The number of carbonyl (C=O) groups is 1. The van der Waals surface area contributed by atoms with Crippen LogP contribution in [0.15, 0.2) is 41.0 Å². The zero-order valence-electron chi connectivity index (χ0n) is 12.8. The maximum atomic E-state index is 11.8. The first-order valence-corrected chi connectivity index (χ1v) is 7.28. The molecule has 0 aliphatic heterocycles. The summed E-state index contributed by atoms with van der Waals surface area (Å²) in [5.74, 6) is 0.933. The first-order valence-electron chi connectivity index (χ1n) is 7.28.